The Labute approximate surface area is 141 Å². The number of H-pyrrole nitrogens is 1. The number of carbonyl (C=O) groups is 1. The summed E-state index contributed by atoms with van der Waals surface area (Å²) in [5, 5.41) is 2.25. The van der Waals surface area contributed by atoms with E-state index in [1.807, 2.05) is 44.2 Å². The lowest BCUT2D eigenvalue weighted by Gasteiger charge is -2.10. The van der Waals surface area contributed by atoms with Gasteiger partial charge < -0.3 is 4.98 Å². The number of aromatic amines is 1. The van der Waals surface area contributed by atoms with Crippen molar-refractivity contribution in [1.29, 1.82) is 0 Å². The first-order chi connectivity index (χ1) is 11.5. The molecule has 0 aliphatic heterocycles. The average molecular weight is 313 g/mol. The van der Waals surface area contributed by atoms with Crippen molar-refractivity contribution < 1.29 is 4.79 Å². The van der Waals surface area contributed by atoms with Crippen molar-refractivity contribution >= 4 is 27.6 Å². The van der Waals surface area contributed by atoms with Crippen LogP contribution in [0, 0.1) is 20.8 Å². The highest BCUT2D eigenvalue weighted by atomic mass is 16.1. The minimum atomic E-state index is 0.0946. The minimum absolute atomic E-state index is 0.0946. The molecule has 0 atom stereocenters. The van der Waals surface area contributed by atoms with Crippen molar-refractivity contribution in [3.8, 4) is 0 Å². The van der Waals surface area contributed by atoms with Gasteiger partial charge >= 0.3 is 0 Å². The number of benzene rings is 3. The van der Waals surface area contributed by atoms with Crippen LogP contribution >= 0.6 is 0 Å². The third-order valence-corrected chi connectivity index (χ3v) is 4.67. The maximum absolute atomic E-state index is 13.1. The fourth-order valence-corrected chi connectivity index (χ4v) is 3.67. The van der Waals surface area contributed by atoms with Crippen molar-refractivity contribution in [2.24, 2.45) is 0 Å². The van der Waals surface area contributed by atoms with Crippen LogP contribution in [0.2, 0.25) is 0 Å². The number of aromatic nitrogens is 1. The molecule has 0 radical (unpaired) electrons. The van der Waals surface area contributed by atoms with Gasteiger partial charge in [-0.1, -0.05) is 35.9 Å². The van der Waals surface area contributed by atoms with E-state index in [0.29, 0.717) is 0 Å². The van der Waals surface area contributed by atoms with Crippen LogP contribution in [0.1, 0.15) is 32.6 Å². The highest BCUT2D eigenvalue weighted by Crippen LogP contribution is 2.28. The fraction of sp³-hybridized carbons (Fsp3) is 0.136. The Balaban J connectivity index is 1.90. The summed E-state index contributed by atoms with van der Waals surface area (Å²) < 4.78 is 0. The Hall–Kier alpha value is -2.87. The molecule has 0 amide bonds. The Morgan fingerprint density at radius 3 is 2.21 bits per heavy atom. The monoisotopic (exact) mass is 313 g/mol. The first-order valence-electron chi connectivity index (χ1n) is 8.17. The van der Waals surface area contributed by atoms with Crippen molar-refractivity contribution in [2.75, 3.05) is 0 Å². The molecule has 0 saturated heterocycles. The normalized spacial score (nSPS) is 11.3. The second-order valence-electron chi connectivity index (χ2n) is 6.53. The van der Waals surface area contributed by atoms with Crippen LogP contribution in [0.3, 0.4) is 0 Å². The molecule has 2 heteroatoms. The van der Waals surface area contributed by atoms with Gasteiger partial charge in [-0.2, -0.15) is 0 Å². The van der Waals surface area contributed by atoms with Crippen LogP contribution in [0.4, 0.5) is 0 Å². The van der Waals surface area contributed by atoms with Gasteiger partial charge in [-0.05, 0) is 56.2 Å². The Morgan fingerprint density at radius 1 is 0.792 bits per heavy atom. The Bertz CT molecular complexity index is 1080. The van der Waals surface area contributed by atoms with E-state index in [9.17, 15) is 4.79 Å². The summed E-state index contributed by atoms with van der Waals surface area (Å²) in [4.78, 5) is 16.5. The van der Waals surface area contributed by atoms with E-state index in [1.165, 1.54) is 5.56 Å². The van der Waals surface area contributed by atoms with Crippen LogP contribution in [0.5, 0.6) is 0 Å². The van der Waals surface area contributed by atoms with Crippen molar-refractivity contribution in [2.45, 2.75) is 20.8 Å². The predicted molar refractivity (Wildman–Crippen MR) is 99.9 cm³/mol. The highest BCUT2D eigenvalue weighted by Gasteiger charge is 2.16. The summed E-state index contributed by atoms with van der Waals surface area (Å²) >= 11 is 0. The first kappa shape index (κ1) is 14.7. The van der Waals surface area contributed by atoms with Gasteiger partial charge in [-0.25, -0.2) is 0 Å². The van der Waals surface area contributed by atoms with Crippen LogP contribution in [0.15, 0.2) is 54.6 Å². The summed E-state index contributed by atoms with van der Waals surface area (Å²) in [5.74, 6) is 0.0946. The zero-order valence-corrected chi connectivity index (χ0v) is 14.1. The predicted octanol–water partition coefficient (Wildman–Crippen LogP) is 5.48. The van der Waals surface area contributed by atoms with E-state index in [0.717, 1.165) is 44.1 Å². The number of aryl methyl sites for hydroxylation is 3. The van der Waals surface area contributed by atoms with Gasteiger partial charge in [0.15, 0.2) is 5.78 Å². The first-order valence-corrected chi connectivity index (χ1v) is 8.17. The minimum Gasteiger partial charge on any atom is -0.355 e. The molecule has 0 fully saturated rings. The fourth-order valence-electron chi connectivity index (χ4n) is 3.67. The zero-order chi connectivity index (χ0) is 16.8. The van der Waals surface area contributed by atoms with Crippen LogP contribution in [0.25, 0.3) is 21.8 Å². The number of ketones is 1. The van der Waals surface area contributed by atoms with Gasteiger partial charge in [-0.3, -0.25) is 4.79 Å². The molecule has 0 spiro atoms. The third-order valence-electron chi connectivity index (χ3n) is 4.67. The largest absolute Gasteiger partial charge is 0.355 e. The molecule has 1 aromatic heterocycles. The molecular weight excluding hydrogens is 294 g/mol. The molecule has 24 heavy (non-hydrogen) atoms. The molecule has 3 aromatic carbocycles. The van der Waals surface area contributed by atoms with Crippen LogP contribution in [-0.4, -0.2) is 10.8 Å². The molecule has 0 aliphatic carbocycles. The molecule has 118 valence electrons. The summed E-state index contributed by atoms with van der Waals surface area (Å²) in [6.07, 6.45) is 0. The van der Waals surface area contributed by atoms with Gasteiger partial charge in [0.05, 0.1) is 0 Å². The summed E-state index contributed by atoms with van der Waals surface area (Å²) in [6.45, 7) is 6.08. The maximum atomic E-state index is 13.1. The van der Waals surface area contributed by atoms with E-state index in [4.69, 9.17) is 0 Å². The van der Waals surface area contributed by atoms with E-state index in [1.54, 1.807) is 0 Å². The number of hydrogen-bond donors (Lipinski definition) is 1. The summed E-state index contributed by atoms with van der Waals surface area (Å²) in [5.41, 5.74) is 6.98. The molecule has 0 aliphatic rings. The van der Waals surface area contributed by atoms with Gasteiger partial charge in [0.25, 0.3) is 0 Å². The van der Waals surface area contributed by atoms with Crippen LogP contribution < -0.4 is 0 Å². The number of carbonyl (C=O) groups excluding carboxylic acids is 1. The molecule has 1 N–H and O–H groups in total. The number of rotatable bonds is 2. The van der Waals surface area contributed by atoms with Crippen molar-refractivity contribution in [1.82, 2.24) is 4.98 Å². The van der Waals surface area contributed by atoms with Crippen molar-refractivity contribution in [3.63, 3.8) is 0 Å². The van der Waals surface area contributed by atoms with Crippen LogP contribution in [-0.2, 0) is 0 Å². The van der Waals surface area contributed by atoms with Gasteiger partial charge in [0, 0.05) is 32.9 Å². The quantitative estimate of drug-likeness (QED) is 0.488. The lowest BCUT2D eigenvalue weighted by Crippen LogP contribution is -2.06. The highest BCUT2D eigenvalue weighted by molar-refractivity contribution is 6.15. The topological polar surface area (TPSA) is 32.9 Å². The van der Waals surface area contributed by atoms with Gasteiger partial charge in [0.2, 0.25) is 0 Å². The lowest BCUT2D eigenvalue weighted by atomic mass is 9.92. The lowest BCUT2D eigenvalue weighted by molar-refractivity contribution is 0.103. The Morgan fingerprint density at radius 2 is 1.46 bits per heavy atom. The second-order valence-corrected chi connectivity index (χ2v) is 6.53. The SMILES string of the molecule is Cc1cc(C)c(C(=O)c2ccc3[nH]c4ccccc4c3c2)c(C)c1. The van der Waals surface area contributed by atoms with E-state index < -0.39 is 0 Å². The van der Waals surface area contributed by atoms with Crippen molar-refractivity contribution in [3.05, 3.63) is 82.4 Å². The zero-order valence-electron chi connectivity index (χ0n) is 14.1. The number of nitrogens with one attached hydrogen (secondary N) is 1. The number of fused-ring (bicyclic) bond motifs is 3. The average Bonchev–Trinajstić information content (AvgIpc) is 2.91. The van der Waals surface area contributed by atoms with Gasteiger partial charge in [0.1, 0.15) is 0 Å². The molecular formula is C22H19NO. The third kappa shape index (κ3) is 2.23. The Kier molecular flexibility index (Phi) is 3.27. The second kappa shape index (κ2) is 5.34. The summed E-state index contributed by atoms with van der Waals surface area (Å²) in [7, 11) is 0. The standard InChI is InChI=1S/C22H19NO/c1-13-10-14(2)21(15(3)11-13)22(24)16-8-9-20-18(12-16)17-6-4-5-7-19(17)23-20/h4-12,23H,1-3H3. The van der Waals surface area contributed by atoms with E-state index in [2.05, 4.69) is 36.2 Å². The smallest absolute Gasteiger partial charge is 0.193 e. The number of para-hydroxylation sites is 1. The van der Waals surface area contributed by atoms with E-state index >= 15 is 0 Å². The molecule has 0 unspecified atom stereocenters. The molecule has 0 saturated carbocycles. The van der Waals surface area contributed by atoms with Gasteiger partial charge in [-0.15, -0.1) is 0 Å². The molecule has 4 aromatic rings. The number of hydrogen-bond acceptors (Lipinski definition) is 1. The molecule has 1 heterocycles. The molecule has 4 rings (SSSR count). The molecule has 2 nitrogen and oxygen atoms in total. The maximum Gasteiger partial charge on any atom is 0.193 e. The summed E-state index contributed by atoms with van der Waals surface area (Å²) in [6, 6.07) is 18.3. The van der Waals surface area contributed by atoms with E-state index in [-0.39, 0.29) is 5.78 Å². The molecule has 0 bridgehead atoms.